The molecule has 1 aliphatic rings. The second-order valence-corrected chi connectivity index (χ2v) is 11.7. The highest BCUT2D eigenvalue weighted by molar-refractivity contribution is 7.89. The summed E-state index contributed by atoms with van der Waals surface area (Å²) in [4.78, 5) is 29.5. The zero-order valence-corrected chi connectivity index (χ0v) is 23.1. The van der Waals surface area contributed by atoms with Gasteiger partial charge in [-0.05, 0) is 75.4 Å². The fourth-order valence-electron chi connectivity index (χ4n) is 4.46. The van der Waals surface area contributed by atoms with Gasteiger partial charge in [-0.3, -0.25) is 9.59 Å². The lowest BCUT2D eigenvalue weighted by atomic mass is 10.1. The minimum absolute atomic E-state index is 0.150. The van der Waals surface area contributed by atoms with Crippen LogP contribution in [0.25, 0.3) is 0 Å². The van der Waals surface area contributed by atoms with Crippen molar-refractivity contribution in [1.29, 1.82) is 0 Å². The van der Waals surface area contributed by atoms with Crippen molar-refractivity contribution in [2.75, 3.05) is 42.9 Å². The summed E-state index contributed by atoms with van der Waals surface area (Å²) in [6.45, 7) is 7.30. The number of piperazine rings is 1. The van der Waals surface area contributed by atoms with Gasteiger partial charge in [0.25, 0.3) is 5.91 Å². The van der Waals surface area contributed by atoms with E-state index in [9.17, 15) is 22.4 Å². The lowest BCUT2D eigenvalue weighted by molar-refractivity contribution is -0.116. The van der Waals surface area contributed by atoms with Crippen molar-refractivity contribution in [3.8, 4) is 0 Å². The predicted octanol–water partition coefficient (Wildman–Crippen LogP) is 4.13. The highest BCUT2D eigenvalue weighted by atomic mass is 32.2. The van der Waals surface area contributed by atoms with Crippen molar-refractivity contribution in [2.24, 2.45) is 0 Å². The molecule has 0 aliphatic carbocycles. The first-order valence-electron chi connectivity index (χ1n) is 12.8. The summed E-state index contributed by atoms with van der Waals surface area (Å²) in [6, 6.07) is 19.2. The molecule has 1 fully saturated rings. The first-order chi connectivity index (χ1) is 18.5. The van der Waals surface area contributed by atoms with E-state index in [0.29, 0.717) is 37.4 Å². The van der Waals surface area contributed by atoms with Crippen LogP contribution in [0.2, 0.25) is 0 Å². The van der Waals surface area contributed by atoms with Crippen molar-refractivity contribution < 1.29 is 22.4 Å². The molecule has 4 rings (SSSR count). The summed E-state index contributed by atoms with van der Waals surface area (Å²) in [5, 5.41) is 2.79. The van der Waals surface area contributed by atoms with Crippen molar-refractivity contribution in [3.05, 3.63) is 89.7 Å². The van der Waals surface area contributed by atoms with E-state index in [1.54, 1.807) is 61.2 Å². The van der Waals surface area contributed by atoms with Crippen LogP contribution in [0.1, 0.15) is 29.8 Å². The molecule has 0 unspecified atom stereocenters. The number of nitrogens with zero attached hydrogens (tertiary/aromatic N) is 3. The average Bonchev–Trinajstić information content (AvgIpc) is 2.92. The zero-order valence-electron chi connectivity index (χ0n) is 22.3. The van der Waals surface area contributed by atoms with Crippen molar-refractivity contribution in [3.63, 3.8) is 0 Å². The number of hydrogen-bond donors (Lipinski definition) is 1. The number of nitrogens with one attached hydrogen (secondary N) is 1. The molecule has 1 N–H and O–H groups in total. The van der Waals surface area contributed by atoms with Crippen molar-refractivity contribution in [2.45, 2.75) is 31.7 Å². The van der Waals surface area contributed by atoms with Gasteiger partial charge in [-0.1, -0.05) is 23.8 Å². The third-order valence-corrected chi connectivity index (χ3v) is 8.69. The maximum Gasteiger partial charge on any atom is 0.254 e. The van der Waals surface area contributed by atoms with Crippen molar-refractivity contribution in [1.82, 2.24) is 9.21 Å². The molecule has 8 nitrogen and oxygen atoms in total. The van der Waals surface area contributed by atoms with Crippen LogP contribution in [0.15, 0.2) is 77.7 Å². The van der Waals surface area contributed by atoms with E-state index in [0.717, 1.165) is 11.3 Å². The van der Waals surface area contributed by atoms with E-state index in [4.69, 9.17) is 0 Å². The van der Waals surface area contributed by atoms with Crippen LogP contribution in [-0.2, 0) is 14.8 Å². The summed E-state index contributed by atoms with van der Waals surface area (Å²) in [7, 11) is -3.84. The second kappa shape index (κ2) is 12.0. The molecular formula is C29H33FN4O4S. The van der Waals surface area contributed by atoms with Crippen LogP contribution in [0.3, 0.4) is 0 Å². The highest BCUT2D eigenvalue weighted by Gasteiger charge is 2.29. The minimum Gasteiger partial charge on any atom is -0.368 e. The number of aryl methyl sites for hydroxylation is 1. The topological polar surface area (TPSA) is 90.0 Å². The molecule has 1 aliphatic heterocycles. The molecule has 0 radical (unpaired) electrons. The van der Waals surface area contributed by atoms with Crippen LogP contribution in [0.5, 0.6) is 0 Å². The summed E-state index contributed by atoms with van der Waals surface area (Å²) >= 11 is 0. The highest BCUT2D eigenvalue weighted by Crippen LogP contribution is 2.22. The molecule has 206 valence electrons. The molecule has 0 saturated carbocycles. The van der Waals surface area contributed by atoms with Crippen LogP contribution in [-0.4, -0.2) is 68.2 Å². The lowest BCUT2D eigenvalue weighted by Gasteiger charge is -2.36. The normalized spacial score (nSPS) is 14.1. The Hall–Kier alpha value is -3.76. The lowest BCUT2D eigenvalue weighted by Crippen LogP contribution is -2.48. The molecule has 10 heteroatoms. The third-order valence-electron chi connectivity index (χ3n) is 6.66. The Morgan fingerprint density at radius 2 is 1.59 bits per heavy atom. The number of halogens is 1. The quantitative estimate of drug-likeness (QED) is 0.454. The Morgan fingerprint density at radius 1 is 0.949 bits per heavy atom. The molecule has 3 aromatic rings. The maximum atomic E-state index is 13.5. The minimum atomic E-state index is -3.84. The van der Waals surface area contributed by atoms with Crippen molar-refractivity contribution >= 4 is 33.2 Å². The second-order valence-electron chi connectivity index (χ2n) is 9.84. The van der Waals surface area contributed by atoms with Gasteiger partial charge in [0, 0.05) is 49.2 Å². The summed E-state index contributed by atoms with van der Waals surface area (Å²) < 4.78 is 41.0. The van der Waals surface area contributed by atoms with E-state index in [1.165, 1.54) is 22.5 Å². The van der Waals surface area contributed by atoms with E-state index < -0.39 is 27.8 Å². The molecule has 1 saturated heterocycles. The largest absolute Gasteiger partial charge is 0.368 e. The van der Waals surface area contributed by atoms with Gasteiger partial charge >= 0.3 is 0 Å². The molecule has 0 bridgehead atoms. The number of benzene rings is 3. The van der Waals surface area contributed by atoms with Gasteiger partial charge in [0.1, 0.15) is 5.82 Å². The van der Waals surface area contributed by atoms with Gasteiger partial charge in [-0.15, -0.1) is 0 Å². The van der Waals surface area contributed by atoms with Gasteiger partial charge in [-0.2, -0.15) is 4.31 Å². The number of rotatable bonds is 8. The molecule has 2 amide bonds. The molecule has 1 heterocycles. The standard InChI is InChI=1S/C29H33FN4O4S/c1-21(2)34(39(37,38)27-13-7-22(3)8-14-27)20-28(35)31-25-9-11-26(12-10-25)32-15-17-33(18-16-32)29(36)23-5-4-6-24(30)19-23/h4-14,19,21H,15-18,20H2,1-3H3,(H,31,35). The van der Waals surface area contributed by atoms with Crippen LogP contribution < -0.4 is 10.2 Å². The fourth-order valence-corrected chi connectivity index (χ4v) is 6.05. The number of carbonyl (C=O) groups is 2. The Morgan fingerprint density at radius 3 is 2.18 bits per heavy atom. The number of amides is 2. The first-order valence-corrected chi connectivity index (χ1v) is 14.3. The summed E-state index contributed by atoms with van der Waals surface area (Å²) in [5.74, 6) is -1.06. The molecular weight excluding hydrogens is 519 g/mol. The van der Waals surface area contributed by atoms with Gasteiger partial charge in [0.05, 0.1) is 11.4 Å². The predicted molar refractivity (Wildman–Crippen MR) is 150 cm³/mol. The van der Waals surface area contributed by atoms with Gasteiger partial charge in [-0.25, -0.2) is 12.8 Å². The van der Waals surface area contributed by atoms with Gasteiger partial charge in [0.2, 0.25) is 15.9 Å². The summed E-state index contributed by atoms with van der Waals surface area (Å²) in [5.41, 5.74) is 2.79. The molecule has 0 aromatic heterocycles. The number of hydrogen-bond acceptors (Lipinski definition) is 5. The number of sulfonamides is 1. The van der Waals surface area contributed by atoms with Gasteiger partial charge < -0.3 is 15.1 Å². The molecule has 39 heavy (non-hydrogen) atoms. The smallest absolute Gasteiger partial charge is 0.254 e. The van der Waals surface area contributed by atoms with Crippen LogP contribution in [0.4, 0.5) is 15.8 Å². The number of carbonyl (C=O) groups excluding carboxylic acids is 2. The number of anilines is 2. The zero-order chi connectivity index (χ0) is 28.2. The van der Waals surface area contributed by atoms with E-state index in [-0.39, 0.29) is 17.3 Å². The maximum absolute atomic E-state index is 13.5. The van der Waals surface area contributed by atoms with E-state index in [2.05, 4.69) is 10.2 Å². The SMILES string of the molecule is Cc1ccc(S(=O)(=O)N(CC(=O)Nc2ccc(N3CCN(C(=O)c4cccc(F)c4)CC3)cc2)C(C)C)cc1. The van der Waals surface area contributed by atoms with Gasteiger partial charge in [0.15, 0.2) is 0 Å². The Kier molecular flexibility index (Phi) is 8.66. The van der Waals surface area contributed by atoms with E-state index in [1.807, 2.05) is 19.1 Å². The molecule has 3 aromatic carbocycles. The molecule has 0 atom stereocenters. The third kappa shape index (κ3) is 6.82. The average molecular weight is 553 g/mol. The Bertz CT molecular complexity index is 1420. The Balaban J connectivity index is 1.33. The Labute approximate surface area is 229 Å². The fraction of sp³-hybridized carbons (Fsp3) is 0.310. The van der Waals surface area contributed by atoms with Crippen LogP contribution >= 0.6 is 0 Å². The first kappa shape index (κ1) is 28.3. The van der Waals surface area contributed by atoms with E-state index >= 15 is 0 Å². The molecule has 0 spiro atoms. The monoisotopic (exact) mass is 552 g/mol. The van der Waals surface area contributed by atoms with Crippen LogP contribution in [0, 0.1) is 12.7 Å². The summed E-state index contributed by atoms with van der Waals surface area (Å²) in [6.07, 6.45) is 0.